The number of nitrogen functional groups attached to an aromatic ring is 1. The fraction of sp³-hybridized carbons (Fsp3) is 0.500. The van der Waals surface area contributed by atoms with Crippen LogP contribution in [0.25, 0.3) is 0 Å². The van der Waals surface area contributed by atoms with Crippen molar-refractivity contribution in [3.05, 3.63) is 17.8 Å². The molecule has 1 aromatic rings. The predicted octanol–water partition coefficient (Wildman–Crippen LogP) is 1.15. The summed E-state index contributed by atoms with van der Waals surface area (Å²) in [6.07, 6.45) is 3.40. The van der Waals surface area contributed by atoms with Gasteiger partial charge in [-0.05, 0) is 25.5 Å². The van der Waals surface area contributed by atoms with Gasteiger partial charge in [-0.2, -0.15) is 0 Å². The highest BCUT2D eigenvalue weighted by atomic mass is 32.2. The second kappa shape index (κ2) is 5.11. The zero-order chi connectivity index (χ0) is 11.4. The molecule has 2 unspecified atom stereocenters. The molecule has 0 aromatic carbocycles. The minimum atomic E-state index is -0.812. The lowest BCUT2D eigenvalue weighted by Gasteiger charge is -2.15. The van der Waals surface area contributed by atoms with Crippen LogP contribution in [0.1, 0.15) is 12.5 Å². The first kappa shape index (κ1) is 12.0. The molecule has 84 valence electrons. The fourth-order valence-electron chi connectivity index (χ4n) is 1.31. The Bertz CT molecular complexity index is 368. The van der Waals surface area contributed by atoms with E-state index < -0.39 is 10.8 Å². The van der Waals surface area contributed by atoms with E-state index in [0.717, 1.165) is 5.56 Å². The normalized spacial score (nSPS) is 14.6. The van der Waals surface area contributed by atoms with E-state index in [1.54, 1.807) is 12.5 Å². The van der Waals surface area contributed by atoms with Gasteiger partial charge in [0.2, 0.25) is 0 Å². The molecule has 3 N–H and O–H groups in total. The minimum Gasteiger partial charge on any atom is -0.396 e. The molecular weight excluding hydrogens is 210 g/mol. The van der Waals surface area contributed by atoms with E-state index in [0.29, 0.717) is 17.3 Å². The maximum Gasteiger partial charge on any atom is 0.149 e. The van der Waals surface area contributed by atoms with Crippen LogP contribution in [0.15, 0.2) is 12.3 Å². The molecule has 5 heteroatoms. The summed E-state index contributed by atoms with van der Waals surface area (Å²) < 4.78 is 11.0. The van der Waals surface area contributed by atoms with Gasteiger partial charge in [-0.25, -0.2) is 4.98 Å². The van der Waals surface area contributed by atoms with Crippen molar-refractivity contribution in [2.24, 2.45) is 0 Å². The Morgan fingerprint density at radius 1 is 1.67 bits per heavy atom. The van der Waals surface area contributed by atoms with Crippen LogP contribution in [0, 0.1) is 6.92 Å². The summed E-state index contributed by atoms with van der Waals surface area (Å²) in [5.74, 6) is 1.27. The van der Waals surface area contributed by atoms with Crippen molar-refractivity contribution in [2.45, 2.75) is 19.9 Å². The highest BCUT2D eigenvalue weighted by Gasteiger charge is 2.08. The summed E-state index contributed by atoms with van der Waals surface area (Å²) >= 11 is 0. The van der Waals surface area contributed by atoms with Crippen LogP contribution in [-0.4, -0.2) is 27.2 Å². The lowest BCUT2D eigenvalue weighted by Crippen LogP contribution is -2.23. The topological polar surface area (TPSA) is 68.0 Å². The smallest absolute Gasteiger partial charge is 0.149 e. The molecule has 0 aliphatic carbocycles. The van der Waals surface area contributed by atoms with Crippen LogP contribution < -0.4 is 11.1 Å². The van der Waals surface area contributed by atoms with Crippen molar-refractivity contribution >= 4 is 22.3 Å². The largest absolute Gasteiger partial charge is 0.396 e. The SMILES string of the molecule is Cc1ccnc(NC(C)CS(C)=O)c1N. The quantitative estimate of drug-likeness (QED) is 0.809. The Balaban J connectivity index is 2.72. The van der Waals surface area contributed by atoms with Gasteiger partial charge in [0.25, 0.3) is 0 Å². The molecule has 1 rings (SSSR count). The molecule has 1 heterocycles. The molecule has 0 radical (unpaired) electrons. The van der Waals surface area contributed by atoms with Gasteiger partial charge in [-0.1, -0.05) is 0 Å². The minimum absolute atomic E-state index is 0.104. The number of rotatable bonds is 4. The molecule has 15 heavy (non-hydrogen) atoms. The Morgan fingerprint density at radius 3 is 2.93 bits per heavy atom. The number of nitrogens with zero attached hydrogens (tertiary/aromatic N) is 1. The first-order valence-corrected chi connectivity index (χ1v) is 6.51. The highest BCUT2D eigenvalue weighted by Crippen LogP contribution is 2.19. The summed E-state index contributed by atoms with van der Waals surface area (Å²) in [4.78, 5) is 4.15. The van der Waals surface area contributed by atoms with E-state index in [1.165, 1.54) is 0 Å². The second-order valence-corrected chi connectivity index (χ2v) is 5.16. The number of aromatic nitrogens is 1. The maximum absolute atomic E-state index is 11.0. The zero-order valence-corrected chi connectivity index (χ0v) is 10.1. The predicted molar refractivity (Wildman–Crippen MR) is 65.4 cm³/mol. The Morgan fingerprint density at radius 2 is 2.33 bits per heavy atom. The first-order valence-electron chi connectivity index (χ1n) is 4.78. The number of aryl methyl sites for hydroxylation is 1. The summed E-state index contributed by atoms with van der Waals surface area (Å²) in [6, 6.07) is 1.97. The van der Waals surface area contributed by atoms with Crippen LogP contribution >= 0.6 is 0 Å². The maximum atomic E-state index is 11.0. The van der Waals surface area contributed by atoms with Crippen LogP contribution in [0.5, 0.6) is 0 Å². The number of nitrogens with one attached hydrogen (secondary N) is 1. The summed E-state index contributed by atoms with van der Waals surface area (Å²) in [5, 5.41) is 3.15. The fourth-order valence-corrected chi connectivity index (χ4v) is 2.10. The number of hydrogen-bond donors (Lipinski definition) is 2. The molecule has 0 bridgehead atoms. The number of pyridine rings is 1. The molecule has 0 amide bonds. The van der Waals surface area contributed by atoms with Gasteiger partial charge in [0, 0.05) is 35.0 Å². The molecule has 0 saturated carbocycles. The lowest BCUT2D eigenvalue weighted by atomic mass is 10.2. The molecule has 0 aliphatic rings. The number of nitrogens with two attached hydrogens (primary N) is 1. The third-order valence-corrected chi connectivity index (χ3v) is 3.05. The molecule has 0 aliphatic heterocycles. The van der Waals surface area contributed by atoms with Gasteiger partial charge >= 0.3 is 0 Å². The van der Waals surface area contributed by atoms with Crippen molar-refractivity contribution in [2.75, 3.05) is 23.1 Å². The van der Waals surface area contributed by atoms with Crippen molar-refractivity contribution in [3.63, 3.8) is 0 Å². The van der Waals surface area contributed by atoms with E-state index in [9.17, 15) is 4.21 Å². The molecule has 0 spiro atoms. The monoisotopic (exact) mass is 227 g/mol. The van der Waals surface area contributed by atoms with E-state index in [-0.39, 0.29) is 6.04 Å². The summed E-state index contributed by atoms with van der Waals surface area (Å²) in [5.41, 5.74) is 7.52. The van der Waals surface area contributed by atoms with E-state index in [4.69, 9.17) is 5.73 Å². The Kier molecular flexibility index (Phi) is 4.08. The Hall–Kier alpha value is -1.10. The number of anilines is 2. The third-order valence-electron chi connectivity index (χ3n) is 2.08. The van der Waals surface area contributed by atoms with Gasteiger partial charge in [-0.15, -0.1) is 0 Å². The van der Waals surface area contributed by atoms with Gasteiger partial charge in [0.05, 0.1) is 5.69 Å². The van der Waals surface area contributed by atoms with Gasteiger partial charge in [0.15, 0.2) is 0 Å². The molecule has 4 nitrogen and oxygen atoms in total. The van der Waals surface area contributed by atoms with Crippen molar-refractivity contribution < 1.29 is 4.21 Å². The van der Waals surface area contributed by atoms with E-state index in [2.05, 4.69) is 10.3 Å². The average Bonchev–Trinajstić information content (AvgIpc) is 2.11. The van der Waals surface area contributed by atoms with E-state index in [1.807, 2.05) is 19.9 Å². The molecule has 2 atom stereocenters. The highest BCUT2D eigenvalue weighted by molar-refractivity contribution is 7.84. The van der Waals surface area contributed by atoms with Gasteiger partial charge in [-0.3, -0.25) is 4.21 Å². The van der Waals surface area contributed by atoms with Crippen molar-refractivity contribution in [1.82, 2.24) is 4.98 Å². The lowest BCUT2D eigenvalue weighted by molar-refractivity contribution is 0.683. The van der Waals surface area contributed by atoms with E-state index >= 15 is 0 Å². The van der Waals surface area contributed by atoms with Crippen LogP contribution in [0.2, 0.25) is 0 Å². The Labute approximate surface area is 92.7 Å². The average molecular weight is 227 g/mol. The molecule has 0 saturated heterocycles. The molecule has 1 aromatic heterocycles. The summed E-state index contributed by atoms with van der Waals surface area (Å²) in [6.45, 7) is 3.90. The van der Waals surface area contributed by atoms with Crippen LogP contribution in [0.4, 0.5) is 11.5 Å². The third kappa shape index (κ3) is 3.51. The van der Waals surface area contributed by atoms with Crippen LogP contribution in [-0.2, 0) is 10.8 Å². The van der Waals surface area contributed by atoms with Crippen molar-refractivity contribution in [3.8, 4) is 0 Å². The standard InChI is InChI=1S/C10H17N3OS/c1-7-4-5-12-10(9(7)11)13-8(2)6-15(3)14/h4-5,8H,6,11H2,1-3H3,(H,12,13). The zero-order valence-electron chi connectivity index (χ0n) is 9.28. The molecular formula is C10H17N3OS. The van der Waals surface area contributed by atoms with Crippen molar-refractivity contribution in [1.29, 1.82) is 0 Å². The van der Waals surface area contributed by atoms with Gasteiger partial charge < -0.3 is 11.1 Å². The number of hydrogen-bond acceptors (Lipinski definition) is 4. The first-order chi connectivity index (χ1) is 7.00. The van der Waals surface area contributed by atoms with Crippen LogP contribution in [0.3, 0.4) is 0 Å². The molecule has 0 fully saturated rings. The second-order valence-electron chi connectivity index (χ2n) is 3.68. The summed E-state index contributed by atoms with van der Waals surface area (Å²) in [7, 11) is -0.812. The van der Waals surface area contributed by atoms with Gasteiger partial charge in [0.1, 0.15) is 5.82 Å².